The van der Waals surface area contributed by atoms with Gasteiger partial charge >= 0.3 is 0 Å². The molecule has 30 heavy (non-hydrogen) atoms. The Bertz CT molecular complexity index is 841. The van der Waals surface area contributed by atoms with Gasteiger partial charge in [-0.2, -0.15) is 0 Å². The molecule has 2 aromatic carbocycles. The number of likely N-dealkylation sites (N-methyl/N-ethyl adjacent to an activating group) is 1. The molecule has 6 heteroatoms. The van der Waals surface area contributed by atoms with E-state index in [1.165, 1.54) is 4.90 Å². The van der Waals surface area contributed by atoms with E-state index in [1.807, 2.05) is 62.5 Å². The lowest BCUT2D eigenvalue weighted by molar-refractivity contribution is -0.892. The van der Waals surface area contributed by atoms with Crippen LogP contribution in [0, 0.1) is 0 Å². The topological polar surface area (TPSA) is 54.3 Å². The summed E-state index contributed by atoms with van der Waals surface area (Å²) in [6, 6.07) is 15.7. The van der Waals surface area contributed by atoms with Crippen LogP contribution in [-0.4, -0.2) is 63.0 Å². The highest BCUT2D eigenvalue weighted by Crippen LogP contribution is 2.16. The second-order valence-electron chi connectivity index (χ2n) is 7.84. The van der Waals surface area contributed by atoms with Crippen molar-refractivity contribution in [1.29, 1.82) is 0 Å². The fourth-order valence-corrected chi connectivity index (χ4v) is 3.73. The second-order valence-corrected chi connectivity index (χ2v) is 7.84. The zero-order valence-electron chi connectivity index (χ0n) is 18.2. The van der Waals surface area contributed by atoms with Gasteiger partial charge < -0.3 is 19.4 Å². The Kier molecular flexibility index (Phi) is 7.46. The van der Waals surface area contributed by atoms with Crippen LogP contribution >= 0.6 is 0 Å². The Morgan fingerprint density at radius 3 is 2.23 bits per heavy atom. The maximum Gasteiger partial charge on any atom is 0.277 e. The van der Waals surface area contributed by atoms with Crippen LogP contribution in [0.5, 0.6) is 5.75 Å². The maximum absolute atomic E-state index is 12.7. The molecule has 0 unspecified atom stereocenters. The zero-order chi connectivity index (χ0) is 21.5. The summed E-state index contributed by atoms with van der Waals surface area (Å²) in [6.45, 7) is 8.99. The number of Topliss-reactive ketones (excluding diaryl/α,β-unsaturated/α-hetero) is 1. The van der Waals surface area contributed by atoms with Gasteiger partial charge in [0.2, 0.25) is 0 Å². The van der Waals surface area contributed by atoms with Crippen LogP contribution in [-0.2, 0) is 11.3 Å². The Morgan fingerprint density at radius 1 is 1.03 bits per heavy atom. The van der Waals surface area contributed by atoms with Gasteiger partial charge in [0, 0.05) is 24.8 Å². The van der Waals surface area contributed by atoms with Crippen molar-refractivity contribution in [2.45, 2.75) is 20.4 Å². The summed E-state index contributed by atoms with van der Waals surface area (Å²) in [5.74, 6) is 1.11. The first kappa shape index (κ1) is 21.8. The SMILES string of the molecule is CCOc1ccc(CN(C)C(=O)C[NH+]2CCN(c3ccc(C(C)=O)cc3)CC2)cc1. The molecule has 1 N–H and O–H groups in total. The van der Waals surface area contributed by atoms with Crippen LogP contribution < -0.4 is 14.5 Å². The minimum absolute atomic E-state index is 0.0867. The van der Waals surface area contributed by atoms with Gasteiger partial charge in [0.15, 0.2) is 12.3 Å². The molecule has 160 valence electrons. The molecule has 1 amide bonds. The first-order chi connectivity index (χ1) is 14.5. The van der Waals surface area contributed by atoms with Crippen LogP contribution in [0.3, 0.4) is 0 Å². The molecule has 1 aliphatic heterocycles. The quantitative estimate of drug-likeness (QED) is 0.673. The van der Waals surface area contributed by atoms with Crippen molar-refractivity contribution in [3.8, 4) is 5.75 Å². The second kappa shape index (κ2) is 10.3. The van der Waals surface area contributed by atoms with Crippen LogP contribution in [0.4, 0.5) is 5.69 Å². The Labute approximate surface area is 179 Å². The Balaban J connectivity index is 1.45. The number of quaternary nitrogens is 1. The molecule has 1 heterocycles. The minimum Gasteiger partial charge on any atom is -0.494 e. The Morgan fingerprint density at radius 2 is 1.67 bits per heavy atom. The van der Waals surface area contributed by atoms with Crippen LogP contribution in [0.1, 0.15) is 29.8 Å². The van der Waals surface area contributed by atoms with Gasteiger partial charge in [0.1, 0.15) is 5.75 Å². The summed E-state index contributed by atoms with van der Waals surface area (Å²) in [7, 11) is 1.87. The molecule has 2 aromatic rings. The highest BCUT2D eigenvalue weighted by atomic mass is 16.5. The number of benzene rings is 2. The number of carbonyl (C=O) groups excluding carboxylic acids is 2. The third kappa shape index (κ3) is 5.83. The van der Waals surface area contributed by atoms with E-state index in [9.17, 15) is 9.59 Å². The van der Waals surface area contributed by atoms with Gasteiger partial charge in [-0.1, -0.05) is 12.1 Å². The third-order valence-electron chi connectivity index (χ3n) is 5.59. The number of ether oxygens (including phenoxy) is 1. The van der Waals surface area contributed by atoms with Crippen LogP contribution in [0.15, 0.2) is 48.5 Å². The Hall–Kier alpha value is -2.86. The monoisotopic (exact) mass is 410 g/mol. The molecule has 0 bridgehead atoms. The van der Waals surface area contributed by atoms with Crippen LogP contribution in [0.25, 0.3) is 0 Å². The smallest absolute Gasteiger partial charge is 0.277 e. The molecule has 3 rings (SSSR count). The third-order valence-corrected chi connectivity index (χ3v) is 5.59. The van der Waals surface area contributed by atoms with Crippen LogP contribution in [0.2, 0.25) is 0 Å². The van der Waals surface area contributed by atoms with Gasteiger partial charge in [-0.3, -0.25) is 9.59 Å². The maximum atomic E-state index is 12.7. The predicted octanol–water partition coefficient (Wildman–Crippen LogP) is 1.65. The summed E-state index contributed by atoms with van der Waals surface area (Å²) in [5, 5.41) is 0. The lowest BCUT2D eigenvalue weighted by Crippen LogP contribution is -3.15. The first-order valence-corrected chi connectivity index (χ1v) is 10.6. The van der Waals surface area contributed by atoms with Crippen molar-refractivity contribution in [2.24, 2.45) is 0 Å². The van der Waals surface area contributed by atoms with E-state index in [2.05, 4.69) is 4.90 Å². The standard InChI is InChI=1S/C24H31N3O3/c1-4-30-23-11-5-20(6-12-23)17-25(3)24(29)18-26-13-15-27(16-14-26)22-9-7-21(8-10-22)19(2)28/h5-12H,4,13-18H2,1-3H3/p+1. The molecule has 0 spiro atoms. The fourth-order valence-electron chi connectivity index (χ4n) is 3.73. The lowest BCUT2D eigenvalue weighted by atomic mass is 10.1. The predicted molar refractivity (Wildman–Crippen MR) is 118 cm³/mol. The molecule has 0 radical (unpaired) electrons. The first-order valence-electron chi connectivity index (χ1n) is 10.6. The summed E-state index contributed by atoms with van der Waals surface area (Å²) in [4.78, 5) is 29.5. The normalized spacial score (nSPS) is 14.4. The summed E-state index contributed by atoms with van der Waals surface area (Å²) < 4.78 is 5.47. The molecule has 0 aliphatic carbocycles. The lowest BCUT2D eigenvalue weighted by Gasteiger charge is -2.34. The van der Waals surface area contributed by atoms with E-state index < -0.39 is 0 Å². The number of ketones is 1. The fraction of sp³-hybridized carbons (Fsp3) is 0.417. The van der Waals surface area contributed by atoms with Gasteiger partial charge in [-0.15, -0.1) is 0 Å². The highest BCUT2D eigenvalue weighted by molar-refractivity contribution is 5.94. The van der Waals surface area contributed by atoms with Crippen molar-refractivity contribution in [3.05, 3.63) is 59.7 Å². The number of hydrogen-bond acceptors (Lipinski definition) is 4. The molecule has 0 atom stereocenters. The van der Waals surface area contributed by atoms with Crippen molar-refractivity contribution in [3.63, 3.8) is 0 Å². The van der Waals surface area contributed by atoms with Gasteiger partial charge in [0.05, 0.1) is 32.8 Å². The van der Waals surface area contributed by atoms with Crippen molar-refractivity contribution in [2.75, 3.05) is 51.3 Å². The summed E-state index contributed by atoms with van der Waals surface area (Å²) >= 11 is 0. The number of rotatable bonds is 8. The molecule has 1 saturated heterocycles. The molecule has 0 saturated carbocycles. The average molecular weight is 411 g/mol. The van der Waals surface area contributed by atoms with Crippen molar-refractivity contribution in [1.82, 2.24) is 4.90 Å². The zero-order valence-corrected chi connectivity index (χ0v) is 18.2. The molecule has 6 nitrogen and oxygen atoms in total. The number of carbonyl (C=O) groups is 2. The molecular weight excluding hydrogens is 378 g/mol. The van der Waals surface area contributed by atoms with Gasteiger partial charge in [-0.25, -0.2) is 0 Å². The average Bonchev–Trinajstić information content (AvgIpc) is 2.76. The summed E-state index contributed by atoms with van der Waals surface area (Å²) in [6.07, 6.45) is 0. The number of nitrogens with zero attached hydrogens (tertiary/aromatic N) is 2. The van der Waals surface area contributed by atoms with E-state index in [1.54, 1.807) is 11.8 Å². The number of piperazine rings is 1. The number of hydrogen-bond donors (Lipinski definition) is 1. The van der Waals surface area contributed by atoms with E-state index >= 15 is 0 Å². The molecule has 1 fully saturated rings. The van der Waals surface area contributed by atoms with Crippen molar-refractivity contribution >= 4 is 17.4 Å². The van der Waals surface area contributed by atoms with E-state index in [0.717, 1.165) is 48.7 Å². The number of anilines is 1. The van der Waals surface area contributed by atoms with Gasteiger partial charge in [-0.05, 0) is 55.8 Å². The molecular formula is C24H32N3O3+. The highest BCUT2D eigenvalue weighted by Gasteiger charge is 2.24. The van der Waals surface area contributed by atoms with E-state index in [0.29, 0.717) is 19.7 Å². The minimum atomic E-state index is 0.0867. The molecule has 1 aliphatic rings. The van der Waals surface area contributed by atoms with Gasteiger partial charge in [0.25, 0.3) is 5.91 Å². The molecule has 0 aromatic heterocycles. The number of amides is 1. The van der Waals surface area contributed by atoms with E-state index in [4.69, 9.17) is 4.74 Å². The largest absolute Gasteiger partial charge is 0.494 e. The van der Waals surface area contributed by atoms with E-state index in [-0.39, 0.29) is 11.7 Å². The number of nitrogens with one attached hydrogen (secondary N) is 1. The van der Waals surface area contributed by atoms with Crippen molar-refractivity contribution < 1.29 is 19.2 Å². The summed E-state index contributed by atoms with van der Waals surface area (Å²) in [5.41, 5.74) is 2.98.